The van der Waals surface area contributed by atoms with Gasteiger partial charge in [0.15, 0.2) is 0 Å². The fourth-order valence-electron chi connectivity index (χ4n) is 5.02. The molecule has 5 nitrogen and oxygen atoms in total. The summed E-state index contributed by atoms with van der Waals surface area (Å²) < 4.78 is 5.55. The molecule has 4 atom stereocenters. The van der Waals surface area contributed by atoms with E-state index in [-0.39, 0.29) is 12.1 Å². The summed E-state index contributed by atoms with van der Waals surface area (Å²) in [5.41, 5.74) is 1.10. The molecule has 0 unspecified atom stereocenters. The minimum atomic E-state index is -0.0962. The third-order valence-electron chi connectivity index (χ3n) is 6.30. The Bertz CT molecular complexity index is 594. The van der Waals surface area contributed by atoms with E-state index < -0.39 is 0 Å². The molecule has 0 aromatic heterocycles. The molecule has 3 aliphatic heterocycles. The molecule has 5 heteroatoms. The summed E-state index contributed by atoms with van der Waals surface area (Å²) in [6, 6.07) is 10.9. The van der Waals surface area contributed by atoms with E-state index in [0.717, 1.165) is 18.7 Å². The number of urea groups is 1. The lowest BCUT2D eigenvalue weighted by Gasteiger charge is -2.33. The standard InChI is InChI=1S/C20H29N3O2/c1-25-19(15-7-3-2-4-8-15)11-21-20(24)23-13-16-12-22-10-6-5-9-18(22)17(16)14-23/h2-4,7-8,16-19H,5-6,9-14H2,1H3,(H,21,24)/t16-,17-,18-,19+/m0/s1. The van der Waals surface area contributed by atoms with Crippen LogP contribution in [-0.2, 0) is 4.74 Å². The lowest BCUT2D eigenvalue weighted by Crippen LogP contribution is -2.44. The van der Waals surface area contributed by atoms with Crippen LogP contribution in [0.1, 0.15) is 30.9 Å². The average molecular weight is 343 g/mol. The molecule has 3 aliphatic rings. The van der Waals surface area contributed by atoms with Crippen molar-refractivity contribution in [2.75, 3.05) is 39.8 Å². The zero-order valence-electron chi connectivity index (χ0n) is 15.1. The summed E-state index contributed by atoms with van der Waals surface area (Å²) in [5, 5.41) is 3.08. The monoisotopic (exact) mass is 343 g/mol. The molecule has 0 radical (unpaired) electrons. The molecule has 0 spiro atoms. The second-order valence-electron chi connectivity index (χ2n) is 7.71. The Hall–Kier alpha value is -1.59. The van der Waals surface area contributed by atoms with Crippen LogP contribution in [0.25, 0.3) is 0 Å². The van der Waals surface area contributed by atoms with E-state index in [9.17, 15) is 4.79 Å². The maximum Gasteiger partial charge on any atom is 0.317 e. The van der Waals surface area contributed by atoms with Crippen LogP contribution >= 0.6 is 0 Å². The molecule has 1 aromatic carbocycles. The number of carbonyl (C=O) groups excluding carboxylic acids is 1. The van der Waals surface area contributed by atoms with Crippen molar-refractivity contribution in [3.05, 3.63) is 35.9 Å². The minimum Gasteiger partial charge on any atom is -0.375 e. The topological polar surface area (TPSA) is 44.8 Å². The summed E-state index contributed by atoms with van der Waals surface area (Å²) in [6.45, 7) is 4.79. The van der Waals surface area contributed by atoms with Gasteiger partial charge in [-0.1, -0.05) is 36.8 Å². The first-order valence-corrected chi connectivity index (χ1v) is 9.61. The molecule has 3 heterocycles. The fraction of sp³-hybridized carbons (Fsp3) is 0.650. The van der Waals surface area contributed by atoms with Gasteiger partial charge in [0.1, 0.15) is 0 Å². The summed E-state index contributed by atoms with van der Waals surface area (Å²) in [4.78, 5) is 17.3. The van der Waals surface area contributed by atoms with Gasteiger partial charge in [0.25, 0.3) is 0 Å². The molecular weight excluding hydrogens is 314 g/mol. The highest BCUT2D eigenvalue weighted by Gasteiger charge is 2.48. The van der Waals surface area contributed by atoms with Gasteiger partial charge in [-0.3, -0.25) is 4.90 Å². The molecular formula is C20H29N3O2. The maximum absolute atomic E-state index is 12.6. The van der Waals surface area contributed by atoms with Gasteiger partial charge in [0.2, 0.25) is 0 Å². The number of nitrogens with one attached hydrogen (secondary N) is 1. The predicted octanol–water partition coefficient (Wildman–Crippen LogP) is 2.50. The molecule has 1 aromatic rings. The molecule has 1 N–H and O–H groups in total. The van der Waals surface area contributed by atoms with Gasteiger partial charge in [0.05, 0.1) is 6.10 Å². The smallest absolute Gasteiger partial charge is 0.317 e. The lowest BCUT2D eigenvalue weighted by molar-refractivity contribution is 0.101. The fourth-order valence-corrected chi connectivity index (χ4v) is 5.02. The van der Waals surface area contributed by atoms with Crippen molar-refractivity contribution in [1.29, 1.82) is 0 Å². The Balaban J connectivity index is 1.31. The van der Waals surface area contributed by atoms with Gasteiger partial charge in [-0.05, 0) is 36.8 Å². The summed E-state index contributed by atoms with van der Waals surface area (Å²) >= 11 is 0. The highest BCUT2D eigenvalue weighted by atomic mass is 16.5. The SMILES string of the molecule is CO[C@H](CNC(=O)N1C[C@@H]2CN3CCCC[C@H]3[C@H]2C1)c1ccccc1. The summed E-state index contributed by atoms with van der Waals surface area (Å²) in [5.74, 6) is 1.35. The minimum absolute atomic E-state index is 0.0646. The first-order chi connectivity index (χ1) is 12.3. The Labute approximate surface area is 150 Å². The third-order valence-corrected chi connectivity index (χ3v) is 6.30. The second kappa shape index (κ2) is 7.34. The molecule has 0 aliphatic carbocycles. The molecule has 25 heavy (non-hydrogen) atoms. The number of benzene rings is 1. The highest BCUT2D eigenvalue weighted by molar-refractivity contribution is 5.74. The molecule has 136 valence electrons. The van der Waals surface area contributed by atoms with Crippen LogP contribution < -0.4 is 5.32 Å². The number of hydrogen-bond acceptors (Lipinski definition) is 3. The highest BCUT2D eigenvalue weighted by Crippen LogP contribution is 2.40. The first kappa shape index (κ1) is 16.9. The maximum atomic E-state index is 12.6. The number of methoxy groups -OCH3 is 1. The van der Waals surface area contributed by atoms with Crippen LogP contribution in [0.3, 0.4) is 0 Å². The van der Waals surface area contributed by atoms with Gasteiger partial charge >= 0.3 is 6.03 Å². The number of amides is 2. The van der Waals surface area contributed by atoms with Crippen molar-refractivity contribution in [2.24, 2.45) is 11.8 Å². The first-order valence-electron chi connectivity index (χ1n) is 9.61. The molecule has 3 saturated heterocycles. The van der Waals surface area contributed by atoms with Crippen molar-refractivity contribution >= 4 is 6.03 Å². The largest absolute Gasteiger partial charge is 0.375 e. The van der Waals surface area contributed by atoms with Crippen molar-refractivity contribution in [3.8, 4) is 0 Å². The number of likely N-dealkylation sites (tertiary alicyclic amines) is 1. The number of carbonyl (C=O) groups is 1. The van der Waals surface area contributed by atoms with Crippen molar-refractivity contribution in [1.82, 2.24) is 15.1 Å². The van der Waals surface area contributed by atoms with E-state index in [2.05, 4.69) is 10.2 Å². The molecule has 4 rings (SSSR count). The van der Waals surface area contributed by atoms with Crippen molar-refractivity contribution in [2.45, 2.75) is 31.4 Å². The number of nitrogens with zero attached hydrogens (tertiary/aromatic N) is 2. The van der Waals surface area contributed by atoms with Crippen LogP contribution in [0, 0.1) is 11.8 Å². The quantitative estimate of drug-likeness (QED) is 0.914. The van der Waals surface area contributed by atoms with E-state index in [1.807, 2.05) is 35.2 Å². The van der Waals surface area contributed by atoms with Gasteiger partial charge < -0.3 is 15.0 Å². The zero-order valence-corrected chi connectivity index (χ0v) is 15.1. The van der Waals surface area contributed by atoms with Crippen LogP contribution in [-0.4, -0.2) is 61.7 Å². The number of hydrogen-bond donors (Lipinski definition) is 1. The molecule has 3 fully saturated rings. The number of piperidine rings is 1. The average Bonchev–Trinajstić information content (AvgIpc) is 3.21. The Morgan fingerprint density at radius 3 is 2.88 bits per heavy atom. The second-order valence-corrected chi connectivity index (χ2v) is 7.71. The Morgan fingerprint density at radius 2 is 2.08 bits per heavy atom. The van der Waals surface area contributed by atoms with Gasteiger partial charge in [-0.25, -0.2) is 4.79 Å². The molecule has 2 amide bonds. The van der Waals surface area contributed by atoms with Crippen LogP contribution in [0.15, 0.2) is 30.3 Å². The van der Waals surface area contributed by atoms with Gasteiger partial charge in [-0.2, -0.15) is 0 Å². The van der Waals surface area contributed by atoms with E-state index in [1.54, 1.807) is 7.11 Å². The van der Waals surface area contributed by atoms with E-state index >= 15 is 0 Å². The zero-order chi connectivity index (χ0) is 17.2. The van der Waals surface area contributed by atoms with Crippen molar-refractivity contribution < 1.29 is 9.53 Å². The normalized spacial score (nSPS) is 30.0. The van der Waals surface area contributed by atoms with Crippen LogP contribution in [0.4, 0.5) is 4.79 Å². The third kappa shape index (κ3) is 3.40. The van der Waals surface area contributed by atoms with E-state index in [1.165, 1.54) is 32.4 Å². The van der Waals surface area contributed by atoms with Gasteiger partial charge in [0, 0.05) is 39.3 Å². The summed E-state index contributed by atoms with van der Waals surface area (Å²) in [6.07, 6.45) is 3.92. The Kier molecular flexibility index (Phi) is 4.95. The lowest BCUT2D eigenvalue weighted by atomic mass is 9.90. The summed E-state index contributed by atoms with van der Waals surface area (Å²) in [7, 11) is 1.70. The van der Waals surface area contributed by atoms with Gasteiger partial charge in [-0.15, -0.1) is 0 Å². The Morgan fingerprint density at radius 1 is 1.24 bits per heavy atom. The number of rotatable bonds is 4. The van der Waals surface area contributed by atoms with E-state index in [0.29, 0.717) is 24.4 Å². The number of ether oxygens (including phenoxy) is 1. The van der Waals surface area contributed by atoms with Crippen LogP contribution in [0.5, 0.6) is 0 Å². The predicted molar refractivity (Wildman–Crippen MR) is 97.4 cm³/mol. The molecule has 0 bridgehead atoms. The van der Waals surface area contributed by atoms with Crippen molar-refractivity contribution in [3.63, 3.8) is 0 Å². The molecule has 0 saturated carbocycles. The number of fused-ring (bicyclic) bond motifs is 3. The van der Waals surface area contributed by atoms with Crippen LogP contribution in [0.2, 0.25) is 0 Å². The van der Waals surface area contributed by atoms with E-state index in [4.69, 9.17) is 4.74 Å².